The molecule has 2 amide bonds. The highest BCUT2D eigenvalue weighted by molar-refractivity contribution is 9.10. The molecule has 2 aromatic rings. The zero-order chi connectivity index (χ0) is 16.1. The van der Waals surface area contributed by atoms with Gasteiger partial charge in [0.25, 0.3) is 11.8 Å². The average molecular weight is 361 g/mol. The predicted octanol–water partition coefficient (Wildman–Crippen LogP) is 3.84. The first-order valence-electron chi connectivity index (χ1n) is 6.94. The molecular formula is C17H17BrN2O2. The van der Waals surface area contributed by atoms with Gasteiger partial charge in [0.2, 0.25) is 0 Å². The zero-order valence-corrected chi connectivity index (χ0v) is 14.0. The normalized spacial score (nSPS) is 10.4. The van der Waals surface area contributed by atoms with Crippen molar-refractivity contribution in [1.82, 2.24) is 5.32 Å². The van der Waals surface area contributed by atoms with E-state index in [1.165, 1.54) is 0 Å². The van der Waals surface area contributed by atoms with Crippen LogP contribution in [0, 0.1) is 0 Å². The van der Waals surface area contributed by atoms with Crippen molar-refractivity contribution in [2.45, 2.75) is 19.9 Å². The predicted molar refractivity (Wildman–Crippen MR) is 91.1 cm³/mol. The van der Waals surface area contributed by atoms with Crippen molar-refractivity contribution in [3.8, 4) is 0 Å². The molecule has 0 saturated heterocycles. The summed E-state index contributed by atoms with van der Waals surface area (Å²) in [5.41, 5.74) is 1.76. The van der Waals surface area contributed by atoms with Crippen molar-refractivity contribution in [1.29, 1.82) is 0 Å². The summed E-state index contributed by atoms with van der Waals surface area (Å²) in [5.74, 6) is -0.328. The van der Waals surface area contributed by atoms with Crippen LogP contribution >= 0.6 is 15.9 Å². The van der Waals surface area contributed by atoms with Crippen molar-refractivity contribution in [3.05, 3.63) is 64.1 Å². The highest BCUT2D eigenvalue weighted by Gasteiger charge is 2.10. The van der Waals surface area contributed by atoms with Crippen molar-refractivity contribution >= 4 is 33.4 Å². The number of anilines is 1. The Kier molecular flexibility index (Phi) is 5.33. The van der Waals surface area contributed by atoms with Gasteiger partial charge in [-0.15, -0.1) is 0 Å². The molecule has 0 aliphatic carbocycles. The molecule has 0 aromatic heterocycles. The van der Waals surface area contributed by atoms with Gasteiger partial charge in [-0.1, -0.05) is 12.1 Å². The lowest BCUT2D eigenvalue weighted by Gasteiger charge is -2.10. The lowest BCUT2D eigenvalue weighted by atomic mass is 10.1. The first-order chi connectivity index (χ1) is 10.5. The highest BCUT2D eigenvalue weighted by atomic mass is 79.9. The van der Waals surface area contributed by atoms with E-state index in [4.69, 9.17) is 0 Å². The summed E-state index contributed by atoms with van der Waals surface area (Å²) < 4.78 is 0.737. The highest BCUT2D eigenvalue weighted by Crippen LogP contribution is 2.18. The van der Waals surface area contributed by atoms with Gasteiger partial charge in [-0.25, -0.2) is 0 Å². The summed E-state index contributed by atoms with van der Waals surface area (Å²) in [6.07, 6.45) is 0. The molecule has 2 aromatic carbocycles. The van der Waals surface area contributed by atoms with E-state index in [0.717, 1.165) is 4.47 Å². The molecule has 0 saturated carbocycles. The lowest BCUT2D eigenvalue weighted by Crippen LogP contribution is -2.30. The molecule has 0 radical (unpaired) electrons. The van der Waals surface area contributed by atoms with Crippen LogP contribution in [0.2, 0.25) is 0 Å². The maximum absolute atomic E-state index is 12.2. The lowest BCUT2D eigenvalue weighted by molar-refractivity contribution is 0.0942. The van der Waals surface area contributed by atoms with E-state index in [1.807, 2.05) is 26.0 Å². The van der Waals surface area contributed by atoms with E-state index in [-0.39, 0.29) is 17.9 Å². The Balaban J connectivity index is 2.07. The number of hydrogen-bond donors (Lipinski definition) is 2. The standard InChI is InChI=1S/C17H17BrN2O2/c1-11(2)19-16(21)12-7-9-13(10-8-12)20-17(22)14-5-3-4-6-15(14)18/h3-11H,1-2H3,(H,19,21)(H,20,22). The van der Waals surface area contributed by atoms with Crippen LogP contribution in [0.3, 0.4) is 0 Å². The van der Waals surface area contributed by atoms with Crippen molar-refractivity contribution in [2.24, 2.45) is 0 Å². The van der Waals surface area contributed by atoms with Crippen LogP contribution in [0.25, 0.3) is 0 Å². The molecule has 4 nitrogen and oxygen atoms in total. The van der Waals surface area contributed by atoms with Crippen molar-refractivity contribution < 1.29 is 9.59 Å². The van der Waals surface area contributed by atoms with E-state index in [1.54, 1.807) is 36.4 Å². The van der Waals surface area contributed by atoms with Crippen LogP contribution in [0.15, 0.2) is 53.0 Å². The Morgan fingerprint density at radius 2 is 1.59 bits per heavy atom. The molecular weight excluding hydrogens is 344 g/mol. The van der Waals surface area contributed by atoms with Gasteiger partial charge in [0.1, 0.15) is 0 Å². The van der Waals surface area contributed by atoms with Gasteiger partial charge in [0, 0.05) is 21.8 Å². The van der Waals surface area contributed by atoms with Gasteiger partial charge >= 0.3 is 0 Å². The molecule has 5 heteroatoms. The molecule has 0 bridgehead atoms. The Hall–Kier alpha value is -2.14. The molecule has 2 N–H and O–H groups in total. The Morgan fingerprint density at radius 1 is 0.955 bits per heavy atom. The van der Waals surface area contributed by atoms with Gasteiger partial charge in [-0.2, -0.15) is 0 Å². The fourth-order valence-corrected chi connectivity index (χ4v) is 2.36. The molecule has 2 rings (SSSR count). The minimum atomic E-state index is -0.202. The monoisotopic (exact) mass is 360 g/mol. The van der Waals surface area contributed by atoms with Crippen LogP contribution in [-0.2, 0) is 0 Å². The smallest absolute Gasteiger partial charge is 0.256 e. The first kappa shape index (κ1) is 16.2. The number of carbonyl (C=O) groups excluding carboxylic acids is 2. The molecule has 0 fully saturated rings. The number of rotatable bonds is 4. The van der Waals surface area contributed by atoms with Gasteiger partial charge < -0.3 is 10.6 Å². The van der Waals surface area contributed by atoms with Gasteiger partial charge in [0.05, 0.1) is 5.56 Å². The number of amides is 2. The van der Waals surface area contributed by atoms with Gasteiger partial charge in [0.15, 0.2) is 0 Å². The van der Waals surface area contributed by atoms with Crippen molar-refractivity contribution in [2.75, 3.05) is 5.32 Å². The summed E-state index contributed by atoms with van der Waals surface area (Å²) in [7, 11) is 0. The van der Waals surface area contributed by atoms with Crippen LogP contribution in [0.1, 0.15) is 34.6 Å². The molecule has 0 spiro atoms. The average Bonchev–Trinajstić information content (AvgIpc) is 2.47. The summed E-state index contributed by atoms with van der Waals surface area (Å²) in [5, 5.41) is 5.63. The first-order valence-corrected chi connectivity index (χ1v) is 7.73. The van der Waals surface area contributed by atoms with Gasteiger partial charge in [-0.3, -0.25) is 9.59 Å². The largest absolute Gasteiger partial charge is 0.350 e. The minimum absolute atomic E-state index is 0.0855. The molecule has 0 aliphatic heterocycles. The van der Waals surface area contributed by atoms with Crippen LogP contribution in [0.5, 0.6) is 0 Å². The van der Waals surface area contributed by atoms with Crippen LogP contribution in [-0.4, -0.2) is 17.9 Å². The molecule has 0 heterocycles. The van der Waals surface area contributed by atoms with E-state index >= 15 is 0 Å². The van der Waals surface area contributed by atoms with Gasteiger partial charge in [-0.05, 0) is 66.2 Å². The Labute approximate surface area is 138 Å². The number of halogens is 1. The maximum Gasteiger partial charge on any atom is 0.256 e. The number of benzene rings is 2. The second-order valence-electron chi connectivity index (χ2n) is 5.14. The van der Waals surface area contributed by atoms with E-state index in [9.17, 15) is 9.59 Å². The van der Waals surface area contributed by atoms with Crippen LogP contribution < -0.4 is 10.6 Å². The maximum atomic E-state index is 12.2. The third-order valence-electron chi connectivity index (χ3n) is 2.94. The van der Waals surface area contributed by atoms with E-state index < -0.39 is 0 Å². The number of hydrogen-bond acceptors (Lipinski definition) is 2. The minimum Gasteiger partial charge on any atom is -0.350 e. The summed E-state index contributed by atoms with van der Waals surface area (Å²) in [6.45, 7) is 3.81. The quantitative estimate of drug-likeness (QED) is 0.869. The summed E-state index contributed by atoms with van der Waals surface area (Å²) in [6, 6.07) is 14.1. The third kappa shape index (κ3) is 4.18. The van der Waals surface area contributed by atoms with E-state index in [0.29, 0.717) is 16.8 Å². The van der Waals surface area contributed by atoms with E-state index in [2.05, 4.69) is 26.6 Å². The molecule has 22 heavy (non-hydrogen) atoms. The molecule has 0 aliphatic rings. The summed E-state index contributed by atoms with van der Waals surface area (Å²) in [4.78, 5) is 24.0. The second kappa shape index (κ2) is 7.22. The Bertz CT molecular complexity index is 681. The van der Waals surface area contributed by atoms with Crippen molar-refractivity contribution in [3.63, 3.8) is 0 Å². The SMILES string of the molecule is CC(C)NC(=O)c1ccc(NC(=O)c2ccccc2Br)cc1. The molecule has 0 atom stereocenters. The topological polar surface area (TPSA) is 58.2 Å². The summed E-state index contributed by atoms with van der Waals surface area (Å²) >= 11 is 3.35. The Morgan fingerprint density at radius 3 is 2.18 bits per heavy atom. The zero-order valence-electron chi connectivity index (χ0n) is 12.4. The van der Waals surface area contributed by atoms with Crippen LogP contribution in [0.4, 0.5) is 5.69 Å². The number of carbonyl (C=O) groups is 2. The third-order valence-corrected chi connectivity index (χ3v) is 3.63. The second-order valence-corrected chi connectivity index (χ2v) is 5.99. The molecule has 0 unspecified atom stereocenters. The fraction of sp³-hybridized carbons (Fsp3) is 0.176. The molecule has 114 valence electrons. The number of nitrogens with one attached hydrogen (secondary N) is 2. The fourth-order valence-electron chi connectivity index (χ4n) is 1.89.